The van der Waals surface area contributed by atoms with Gasteiger partial charge in [0.25, 0.3) is 5.91 Å². The van der Waals surface area contributed by atoms with Gasteiger partial charge in [0.15, 0.2) is 0 Å². The molecule has 6 heteroatoms. The van der Waals surface area contributed by atoms with Gasteiger partial charge in [-0.05, 0) is 51.8 Å². The Balaban J connectivity index is 1.85. The molecule has 1 aliphatic rings. The number of hydrogen-bond donors (Lipinski definition) is 1. The SMILES string of the molecule is Cc1nonc1C1CCCN1C(=O)c1cccc(C#CC(C)(C)O)c1. The lowest BCUT2D eigenvalue weighted by atomic mass is 10.1. The Labute approximate surface area is 146 Å². The molecule has 1 atom stereocenters. The van der Waals surface area contributed by atoms with Crippen LogP contribution in [0.1, 0.15) is 60.0 Å². The van der Waals surface area contributed by atoms with Crippen molar-refractivity contribution in [3.63, 3.8) is 0 Å². The van der Waals surface area contributed by atoms with Crippen molar-refractivity contribution >= 4 is 5.91 Å². The molecule has 1 aliphatic heterocycles. The molecular weight excluding hydrogens is 318 g/mol. The number of aliphatic hydroxyl groups is 1. The molecule has 1 amide bonds. The molecule has 1 aromatic carbocycles. The molecule has 1 saturated heterocycles. The molecule has 0 spiro atoms. The van der Waals surface area contributed by atoms with Crippen LogP contribution in [0.25, 0.3) is 0 Å². The van der Waals surface area contributed by atoms with Crippen molar-refractivity contribution in [3.8, 4) is 11.8 Å². The standard InChI is InChI=1S/C19H21N3O3/c1-13-17(21-25-20-13)16-8-5-11-22(16)18(23)15-7-4-6-14(12-15)9-10-19(2,3)24/h4,6-7,12,16,24H,5,8,11H2,1-3H3. The lowest BCUT2D eigenvalue weighted by Gasteiger charge is -2.23. The molecule has 1 aromatic heterocycles. The van der Waals surface area contributed by atoms with Gasteiger partial charge in [0.1, 0.15) is 17.0 Å². The van der Waals surface area contributed by atoms with E-state index < -0.39 is 5.60 Å². The summed E-state index contributed by atoms with van der Waals surface area (Å²) in [5.74, 6) is 5.61. The zero-order valence-corrected chi connectivity index (χ0v) is 14.6. The highest BCUT2D eigenvalue weighted by Gasteiger charge is 2.34. The van der Waals surface area contributed by atoms with E-state index in [2.05, 4.69) is 22.2 Å². The summed E-state index contributed by atoms with van der Waals surface area (Å²) in [5.41, 5.74) is 1.64. The van der Waals surface area contributed by atoms with Crippen molar-refractivity contribution in [2.24, 2.45) is 0 Å². The first-order chi connectivity index (χ1) is 11.8. The second kappa shape index (κ2) is 6.69. The maximum atomic E-state index is 13.0. The number of aromatic nitrogens is 2. The fourth-order valence-corrected chi connectivity index (χ4v) is 2.96. The monoisotopic (exact) mass is 339 g/mol. The smallest absolute Gasteiger partial charge is 0.254 e. The molecule has 2 heterocycles. The number of aryl methyl sites for hydroxylation is 1. The molecule has 0 aliphatic carbocycles. The van der Waals surface area contributed by atoms with Crippen molar-refractivity contribution in [1.82, 2.24) is 15.2 Å². The summed E-state index contributed by atoms with van der Waals surface area (Å²) in [7, 11) is 0. The van der Waals surface area contributed by atoms with E-state index in [1.54, 1.807) is 32.0 Å². The van der Waals surface area contributed by atoms with Crippen LogP contribution >= 0.6 is 0 Å². The van der Waals surface area contributed by atoms with E-state index in [1.165, 1.54) is 0 Å². The van der Waals surface area contributed by atoms with Gasteiger partial charge in [0.05, 0.1) is 6.04 Å². The summed E-state index contributed by atoms with van der Waals surface area (Å²) in [6.45, 7) is 5.76. The van der Waals surface area contributed by atoms with Crippen molar-refractivity contribution in [3.05, 3.63) is 46.8 Å². The summed E-state index contributed by atoms with van der Waals surface area (Å²) in [5, 5.41) is 17.5. The van der Waals surface area contributed by atoms with Gasteiger partial charge < -0.3 is 10.0 Å². The minimum atomic E-state index is -1.07. The molecule has 130 valence electrons. The van der Waals surface area contributed by atoms with Gasteiger partial charge in [-0.2, -0.15) is 0 Å². The minimum absolute atomic E-state index is 0.0585. The Bertz CT molecular complexity index is 839. The average Bonchev–Trinajstić information content (AvgIpc) is 3.20. The van der Waals surface area contributed by atoms with Crippen molar-refractivity contribution in [2.75, 3.05) is 6.54 Å². The van der Waals surface area contributed by atoms with Gasteiger partial charge in [-0.3, -0.25) is 4.79 Å². The Kier molecular flexibility index (Phi) is 4.60. The van der Waals surface area contributed by atoms with Gasteiger partial charge in [-0.1, -0.05) is 28.2 Å². The lowest BCUT2D eigenvalue weighted by Crippen LogP contribution is -2.31. The quantitative estimate of drug-likeness (QED) is 0.850. The highest BCUT2D eigenvalue weighted by atomic mass is 16.6. The zero-order valence-electron chi connectivity index (χ0n) is 14.6. The molecule has 1 N–H and O–H groups in total. The summed E-state index contributed by atoms with van der Waals surface area (Å²) in [6, 6.07) is 7.05. The minimum Gasteiger partial charge on any atom is -0.378 e. The van der Waals surface area contributed by atoms with Gasteiger partial charge in [0, 0.05) is 17.7 Å². The van der Waals surface area contributed by atoms with Gasteiger partial charge >= 0.3 is 0 Å². The van der Waals surface area contributed by atoms with Crippen LogP contribution in [0, 0.1) is 18.8 Å². The Morgan fingerprint density at radius 2 is 2.20 bits per heavy atom. The normalized spacial score (nSPS) is 17.3. The number of hydrogen-bond acceptors (Lipinski definition) is 5. The van der Waals surface area contributed by atoms with Crippen LogP contribution in [-0.4, -0.2) is 38.4 Å². The molecule has 0 radical (unpaired) electrons. The first-order valence-corrected chi connectivity index (χ1v) is 8.31. The van der Waals surface area contributed by atoms with Gasteiger partial charge in [-0.25, -0.2) is 4.63 Å². The van der Waals surface area contributed by atoms with Crippen LogP contribution in [-0.2, 0) is 0 Å². The lowest BCUT2D eigenvalue weighted by molar-refractivity contribution is 0.0730. The van der Waals surface area contributed by atoms with E-state index in [4.69, 9.17) is 4.63 Å². The average molecular weight is 339 g/mol. The Morgan fingerprint density at radius 1 is 1.40 bits per heavy atom. The van der Waals surface area contributed by atoms with Crippen molar-refractivity contribution < 1.29 is 14.5 Å². The number of nitrogens with zero attached hydrogens (tertiary/aromatic N) is 3. The van der Waals surface area contributed by atoms with Crippen molar-refractivity contribution in [2.45, 2.75) is 45.3 Å². The third kappa shape index (κ3) is 3.89. The molecular formula is C19H21N3O3. The van der Waals surface area contributed by atoms with E-state index in [0.717, 1.165) is 24.2 Å². The maximum Gasteiger partial charge on any atom is 0.254 e. The maximum absolute atomic E-state index is 13.0. The second-order valence-electron chi connectivity index (χ2n) is 6.78. The number of amides is 1. The molecule has 6 nitrogen and oxygen atoms in total. The van der Waals surface area contributed by atoms with E-state index >= 15 is 0 Å². The third-order valence-electron chi connectivity index (χ3n) is 4.14. The molecule has 2 aromatic rings. The van der Waals surface area contributed by atoms with E-state index in [0.29, 0.717) is 17.7 Å². The van der Waals surface area contributed by atoms with Crippen LogP contribution in [0.5, 0.6) is 0 Å². The highest BCUT2D eigenvalue weighted by Crippen LogP contribution is 2.33. The first kappa shape index (κ1) is 17.2. The number of carbonyl (C=O) groups excluding carboxylic acids is 1. The van der Waals surface area contributed by atoms with E-state index in [9.17, 15) is 9.90 Å². The predicted molar refractivity (Wildman–Crippen MR) is 91.7 cm³/mol. The van der Waals surface area contributed by atoms with E-state index in [1.807, 2.05) is 17.9 Å². The van der Waals surface area contributed by atoms with Crippen LogP contribution in [0.15, 0.2) is 28.9 Å². The summed E-state index contributed by atoms with van der Waals surface area (Å²) in [6.07, 6.45) is 1.76. The zero-order chi connectivity index (χ0) is 18.0. The van der Waals surface area contributed by atoms with Gasteiger partial charge in [0.2, 0.25) is 0 Å². The van der Waals surface area contributed by atoms with Crippen LogP contribution in [0.4, 0.5) is 0 Å². The molecule has 0 bridgehead atoms. The van der Waals surface area contributed by atoms with Crippen LogP contribution in [0.2, 0.25) is 0 Å². The Morgan fingerprint density at radius 3 is 2.88 bits per heavy atom. The largest absolute Gasteiger partial charge is 0.378 e. The summed E-state index contributed by atoms with van der Waals surface area (Å²) >= 11 is 0. The molecule has 1 fully saturated rings. The fraction of sp³-hybridized carbons (Fsp3) is 0.421. The number of carbonyl (C=O) groups is 1. The fourth-order valence-electron chi connectivity index (χ4n) is 2.96. The molecule has 1 unspecified atom stereocenters. The number of rotatable bonds is 2. The summed E-state index contributed by atoms with van der Waals surface area (Å²) in [4.78, 5) is 14.8. The molecule has 25 heavy (non-hydrogen) atoms. The van der Waals surface area contributed by atoms with E-state index in [-0.39, 0.29) is 11.9 Å². The first-order valence-electron chi connectivity index (χ1n) is 8.31. The Hall–Kier alpha value is -2.65. The molecule has 0 saturated carbocycles. The number of likely N-dealkylation sites (tertiary alicyclic amines) is 1. The third-order valence-corrected chi connectivity index (χ3v) is 4.14. The molecule has 3 rings (SSSR count). The van der Waals surface area contributed by atoms with Crippen LogP contribution < -0.4 is 0 Å². The number of benzene rings is 1. The second-order valence-corrected chi connectivity index (χ2v) is 6.78. The topological polar surface area (TPSA) is 79.5 Å². The van der Waals surface area contributed by atoms with Crippen LogP contribution in [0.3, 0.4) is 0 Å². The highest BCUT2D eigenvalue weighted by molar-refractivity contribution is 5.95. The predicted octanol–water partition coefficient (Wildman–Crippen LogP) is 2.48. The van der Waals surface area contributed by atoms with Crippen molar-refractivity contribution in [1.29, 1.82) is 0 Å². The summed E-state index contributed by atoms with van der Waals surface area (Å²) < 4.78 is 4.79. The van der Waals surface area contributed by atoms with Gasteiger partial charge in [-0.15, -0.1) is 0 Å².